The van der Waals surface area contributed by atoms with Crippen LogP contribution in [0.3, 0.4) is 0 Å². The van der Waals surface area contributed by atoms with Gasteiger partial charge in [0, 0.05) is 25.0 Å². The van der Waals surface area contributed by atoms with Crippen LogP contribution >= 0.6 is 0 Å². The Morgan fingerprint density at radius 3 is 2.96 bits per heavy atom. The second-order valence-corrected chi connectivity index (χ2v) is 6.42. The van der Waals surface area contributed by atoms with Crippen LogP contribution in [0.5, 0.6) is 0 Å². The molecule has 1 N–H and O–H groups in total. The van der Waals surface area contributed by atoms with Crippen molar-refractivity contribution in [1.29, 1.82) is 0 Å². The normalized spacial score (nSPS) is 13.8. The van der Waals surface area contributed by atoms with Crippen LogP contribution < -0.4 is 10.2 Å². The number of nitrogens with one attached hydrogen (secondary N) is 1. The number of pyridine rings is 1. The second-order valence-electron chi connectivity index (χ2n) is 6.42. The summed E-state index contributed by atoms with van der Waals surface area (Å²) in [6.07, 6.45) is 5.69. The summed E-state index contributed by atoms with van der Waals surface area (Å²) in [5.41, 5.74) is 4.18. The maximum Gasteiger partial charge on any atom is 0.252 e. The van der Waals surface area contributed by atoms with E-state index in [1.165, 1.54) is 11.3 Å². The van der Waals surface area contributed by atoms with E-state index in [1.54, 1.807) is 6.20 Å². The van der Waals surface area contributed by atoms with Gasteiger partial charge in [-0.2, -0.15) is 0 Å². The van der Waals surface area contributed by atoms with E-state index in [-0.39, 0.29) is 5.91 Å². The summed E-state index contributed by atoms with van der Waals surface area (Å²) in [5.74, 6) is 0.377. The average molecular weight is 309 g/mol. The van der Waals surface area contributed by atoms with Gasteiger partial charge in [0.15, 0.2) is 0 Å². The molecule has 3 rings (SSSR count). The minimum absolute atomic E-state index is 0.0571. The van der Waals surface area contributed by atoms with Gasteiger partial charge in [-0.1, -0.05) is 32.0 Å². The number of aromatic nitrogens is 1. The number of rotatable bonds is 4. The van der Waals surface area contributed by atoms with Gasteiger partial charge in [-0.05, 0) is 36.5 Å². The van der Waals surface area contributed by atoms with E-state index in [2.05, 4.69) is 53.3 Å². The minimum Gasteiger partial charge on any atom is -0.352 e. The number of para-hydroxylation sites is 1. The molecule has 0 unspecified atom stereocenters. The topological polar surface area (TPSA) is 45.2 Å². The second kappa shape index (κ2) is 6.82. The molecule has 4 nitrogen and oxygen atoms in total. The van der Waals surface area contributed by atoms with Gasteiger partial charge in [-0.15, -0.1) is 0 Å². The average Bonchev–Trinajstić information content (AvgIpc) is 2.59. The van der Waals surface area contributed by atoms with Gasteiger partial charge in [-0.3, -0.25) is 9.78 Å². The Balaban J connectivity index is 1.85. The fourth-order valence-electron chi connectivity index (χ4n) is 2.90. The first kappa shape index (κ1) is 15.5. The Morgan fingerprint density at radius 1 is 1.30 bits per heavy atom. The van der Waals surface area contributed by atoms with Gasteiger partial charge in [0.25, 0.3) is 5.91 Å². The molecule has 0 fully saturated rings. The Kier molecular flexibility index (Phi) is 4.60. The third-order valence-electron chi connectivity index (χ3n) is 4.08. The molecule has 1 aliphatic rings. The SMILES string of the molecule is CC(C)CNC(=O)c1cncc(N2CCCc3ccccc32)c1. The number of benzene rings is 1. The van der Waals surface area contributed by atoms with Crippen molar-refractivity contribution in [2.45, 2.75) is 26.7 Å². The van der Waals surface area contributed by atoms with Crippen molar-refractivity contribution in [2.75, 3.05) is 18.0 Å². The number of fused-ring (bicyclic) bond motifs is 1. The van der Waals surface area contributed by atoms with Gasteiger partial charge < -0.3 is 10.2 Å². The first-order valence-electron chi connectivity index (χ1n) is 8.24. The van der Waals surface area contributed by atoms with Gasteiger partial charge in [0.1, 0.15) is 0 Å². The molecular weight excluding hydrogens is 286 g/mol. The summed E-state index contributed by atoms with van der Waals surface area (Å²) in [7, 11) is 0. The zero-order valence-electron chi connectivity index (χ0n) is 13.7. The van der Waals surface area contributed by atoms with E-state index < -0.39 is 0 Å². The molecule has 1 aromatic carbocycles. The number of hydrogen-bond acceptors (Lipinski definition) is 3. The number of nitrogens with zero attached hydrogens (tertiary/aromatic N) is 2. The van der Waals surface area contributed by atoms with Gasteiger partial charge in [0.2, 0.25) is 0 Å². The third kappa shape index (κ3) is 3.52. The summed E-state index contributed by atoms with van der Waals surface area (Å²) in [4.78, 5) is 18.8. The molecule has 0 aliphatic carbocycles. The molecule has 0 bridgehead atoms. The summed E-state index contributed by atoms with van der Waals surface area (Å²) in [6, 6.07) is 10.4. The Labute approximate surface area is 137 Å². The Morgan fingerprint density at radius 2 is 2.13 bits per heavy atom. The molecule has 2 heterocycles. The fraction of sp³-hybridized carbons (Fsp3) is 0.368. The fourth-order valence-corrected chi connectivity index (χ4v) is 2.90. The summed E-state index contributed by atoms with van der Waals surface area (Å²) < 4.78 is 0. The molecular formula is C19H23N3O. The van der Waals surface area contributed by atoms with Crippen LogP contribution in [0.15, 0.2) is 42.7 Å². The van der Waals surface area contributed by atoms with Crippen LogP contribution in [0.4, 0.5) is 11.4 Å². The molecule has 0 radical (unpaired) electrons. The van der Waals surface area contributed by atoms with Gasteiger partial charge in [-0.25, -0.2) is 0 Å². The maximum atomic E-state index is 12.3. The lowest BCUT2D eigenvalue weighted by atomic mass is 10.0. The molecule has 0 spiro atoms. The highest BCUT2D eigenvalue weighted by Crippen LogP contribution is 2.33. The van der Waals surface area contributed by atoms with Crippen LogP contribution in [-0.4, -0.2) is 24.0 Å². The minimum atomic E-state index is -0.0571. The Bertz CT molecular complexity index is 697. The van der Waals surface area contributed by atoms with E-state index in [1.807, 2.05) is 12.3 Å². The van der Waals surface area contributed by atoms with Crippen molar-refractivity contribution >= 4 is 17.3 Å². The lowest BCUT2D eigenvalue weighted by molar-refractivity contribution is 0.0948. The summed E-state index contributed by atoms with van der Waals surface area (Å²) in [5, 5.41) is 2.95. The van der Waals surface area contributed by atoms with E-state index >= 15 is 0 Å². The number of anilines is 2. The number of hydrogen-bond donors (Lipinski definition) is 1. The first-order chi connectivity index (χ1) is 11.1. The standard InChI is InChI=1S/C19H23N3O/c1-14(2)11-21-19(23)16-10-17(13-20-12-16)22-9-5-7-15-6-3-4-8-18(15)22/h3-4,6,8,10,12-14H,5,7,9,11H2,1-2H3,(H,21,23). The molecule has 2 aromatic rings. The molecule has 120 valence electrons. The highest BCUT2D eigenvalue weighted by molar-refractivity contribution is 5.95. The van der Waals surface area contributed by atoms with Crippen molar-refractivity contribution in [3.63, 3.8) is 0 Å². The number of aryl methyl sites for hydroxylation is 1. The third-order valence-corrected chi connectivity index (χ3v) is 4.08. The molecule has 0 atom stereocenters. The molecule has 0 saturated carbocycles. The van der Waals surface area contributed by atoms with E-state index in [0.717, 1.165) is 25.1 Å². The van der Waals surface area contributed by atoms with Crippen LogP contribution in [-0.2, 0) is 6.42 Å². The first-order valence-corrected chi connectivity index (χ1v) is 8.24. The molecule has 4 heteroatoms. The van der Waals surface area contributed by atoms with E-state index in [9.17, 15) is 4.79 Å². The van der Waals surface area contributed by atoms with Crippen molar-refractivity contribution in [2.24, 2.45) is 5.92 Å². The van der Waals surface area contributed by atoms with Crippen LogP contribution in [0, 0.1) is 5.92 Å². The van der Waals surface area contributed by atoms with E-state index in [0.29, 0.717) is 18.0 Å². The Hall–Kier alpha value is -2.36. The smallest absolute Gasteiger partial charge is 0.252 e. The largest absolute Gasteiger partial charge is 0.352 e. The number of carbonyl (C=O) groups excluding carboxylic acids is 1. The molecule has 0 saturated heterocycles. The predicted octanol–water partition coefficient (Wildman–Crippen LogP) is 3.55. The summed E-state index contributed by atoms with van der Waals surface area (Å²) >= 11 is 0. The van der Waals surface area contributed by atoms with Crippen molar-refractivity contribution in [1.82, 2.24) is 10.3 Å². The molecule has 1 aliphatic heterocycles. The molecule has 1 amide bonds. The van der Waals surface area contributed by atoms with Crippen LogP contribution in [0.25, 0.3) is 0 Å². The van der Waals surface area contributed by atoms with Crippen LogP contribution in [0.2, 0.25) is 0 Å². The van der Waals surface area contributed by atoms with E-state index in [4.69, 9.17) is 0 Å². The zero-order valence-corrected chi connectivity index (χ0v) is 13.7. The zero-order chi connectivity index (χ0) is 16.2. The molecule has 23 heavy (non-hydrogen) atoms. The predicted molar refractivity (Wildman–Crippen MR) is 93.2 cm³/mol. The van der Waals surface area contributed by atoms with Crippen molar-refractivity contribution in [3.05, 3.63) is 53.9 Å². The highest BCUT2D eigenvalue weighted by Gasteiger charge is 2.19. The number of amides is 1. The maximum absolute atomic E-state index is 12.3. The van der Waals surface area contributed by atoms with Gasteiger partial charge >= 0.3 is 0 Å². The number of carbonyl (C=O) groups is 1. The highest BCUT2D eigenvalue weighted by atomic mass is 16.1. The van der Waals surface area contributed by atoms with Crippen molar-refractivity contribution in [3.8, 4) is 0 Å². The van der Waals surface area contributed by atoms with Crippen molar-refractivity contribution < 1.29 is 4.79 Å². The lowest BCUT2D eigenvalue weighted by Crippen LogP contribution is -2.28. The molecule has 1 aromatic heterocycles. The lowest BCUT2D eigenvalue weighted by Gasteiger charge is -2.31. The van der Waals surface area contributed by atoms with Gasteiger partial charge in [0.05, 0.1) is 17.4 Å². The quantitative estimate of drug-likeness (QED) is 0.939. The summed E-state index contributed by atoms with van der Waals surface area (Å²) in [6.45, 7) is 5.80. The van der Waals surface area contributed by atoms with Crippen LogP contribution in [0.1, 0.15) is 36.2 Å². The monoisotopic (exact) mass is 309 g/mol.